The van der Waals surface area contributed by atoms with Gasteiger partial charge in [0.05, 0.1) is 0 Å². The average molecular weight is 561 g/mol. The molecule has 0 radical (unpaired) electrons. The van der Waals surface area contributed by atoms with E-state index in [-0.39, 0.29) is 5.92 Å². The fourth-order valence-corrected chi connectivity index (χ4v) is 11.2. The molecule has 4 aromatic carbocycles. The second kappa shape index (κ2) is 10.7. The molecule has 5 heteroatoms. The first-order valence-electron chi connectivity index (χ1n) is 13.5. The molecule has 198 valence electrons. The van der Waals surface area contributed by atoms with Crippen LogP contribution in [0.3, 0.4) is 0 Å². The van der Waals surface area contributed by atoms with E-state index in [0.717, 1.165) is 28.8 Å². The summed E-state index contributed by atoms with van der Waals surface area (Å²) in [5.74, 6) is 3.34. The molecule has 2 unspecified atom stereocenters. The van der Waals surface area contributed by atoms with Crippen molar-refractivity contribution in [3.63, 3.8) is 0 Å². The zero-order valence-corrected chi connectivity index (χ0v) is 24.1. The first-order valence-corrected chi connectivity index (χ1v) is 16.9. The molecule has 0 fully saturated rings. The third-order valence-electron chi connectivity index (χ3n) is 7.98. The summed E-state index contributed by atoms with van der Waals surface area (Å²) in [5.41, 5.74) is 3.11. The quantitative estimate of drug-likeness (QED) is 0.152. The lowest BCUT2D eigenvalue weighted by Crippen LogP contribution is -2.41. The highest BCUT2D eigenvalue weighted by atomic mass is 31.2. The van der Waals surface area contributed by atoms with Gasteiger partial charge in [0.2, 0.25) is 7.14 Å². The topological polar surface area (TPSA) is 43.4 Å². The zero-order chi connectivity index (χ0) is 27.6. The summed E-state index contributed by atoms with van der Waals surface area (Å²) in [4.78, 5) is 0. The molecule has 0 saturated carbocycles. The van der Waals surface area contributed by atoms with Crippen LogP contribution in [0.1, 0.15) is 12.8 Å². The first kappa shape index (κ1) is 26.6. The average Bonchev–Trinajstić information content (AvgIpc) is 3.05. The minimum atomic E-state index is -3.34. The van der Waals surface area contributed by atoms with Gasteiger partial charge in [0.15, 0.2) is 7.14 Å². The molecule has 0 N–H and O–H groups in total. The van der Waals surface area contributed by atoms with Crippen molar-refractivity contribution >= 4 is 35.5 Å². The molecule has 0 aromatic heterocycles. The van der Waals surface area contributed by atoms with Gasteiger partial charge in [-0.05, 0) is 18.5 Å². The van der Waals surface area contributed by atoms with Gasteiger partial charge in [-0.1, -0.05) is 139 Å². The van der Waals surface area contributed by atoms with Gasteiger partial charge < -0.3 is 9.30 Å². The number of fused-ring (bicyclic) bond motifs is 1. The third-order valence-corrected chi connectivity index (χ3v) is 13.7. The van der Waals surface area contributed by atoms with E-state index in [2.05, 4.69) is 23.7 Å². The molecule has 0 amide bonds. The van der Waals surface area contributed by atoms with Crippen LogP contribution in [0.25, 0.3) is 0 Å². The molecule has 0 saturated heterocycles. The summed E-state index contributed by atoms with van der Waals surface area (Å²) in [6, 6.07) is 38.2. The summed E-state index contributed by atoms with van der Waals surface area (Å²) in [6.45, 7) is 0. The Morgan fingerprint density at radius 1 is 0.700 bits per heavy atom. The molecule has 0 heterocycles. The highest BCUT2D eigenvalue weighted by molar-refractivity contribution is 7.83. The maximum Gasteiger partial charge on any atom is 0.211 e. The molecular weight excluding hydrogens is 530 g/mol. The molecule has 0 aliphatic heterocycles. The number of allylic oxidation sites excluding steroid dienone is 2. The molecule has 3 aliphatic rings. The Labute approximate surface area is 236 Å². The number of methoxy groups -OCH3 is 1. The predicted octanol–water partition coefficient (Wildman–Crippen LogP) is 6.59. The minimum absolute atomic E-state index is 0.0552. The van der Waals surface area contributed by atoms with Gasteiger partial charge in [0, 0.05) is 45.1 Å². The normalized spacial score (nSPS) is 20.2. The van der Waals surface area contributed by atoms with E-state index in [1.807, 2.05) is 121 Å². The minimum Gasteiger partial charge on any atom is -0.369 e. The first-order chi connectivity index (χ1) is 19.5. The molecule has 0 spiro atoms. The van der Waals surface area contributed by atoms with E-state index >= 15 is 4.57 Å². The van der Waals surface area contributed by atoms with Crippen LogP contribution in [-0.4, -0.2) is 12.7 Å². The Kier molecular flexibility index (Phi) is 7.12. The van der Waals surface area contributed by atoms with Crippen LogP contribution in [0, 0.1) is 17.5 Å². The highest BCUT2D eigenvalue weighted by Gasteiger charge is 2.49. The van der Waals surface area contributed by atoms with Crippen molar-refractivity contribution in [2.75, 3.05) is 7.11 Å². The van der Waals surface area contributed by atoms with Crippen molar-refractivity contribution in [3.05, 3.63) is 144 Å². The predicted molar refractivity (Wildman–Crippen MR) is 166 cm³/mol. The summed E-state index contributed by atoms with van der Waals surface area (Å²) in [6.07, 6.45) is 5.72. The van der Waals surface area contributed by atoms with Crippen LogP contribution < -0.4 is 21.2 Å². The molecule has 7 rings (SSSR count). The second-order valence-electron chi connectivity index (χ2n) is 10.2. The van der Waals surface area contributed by atoms with Crippen LogP contribution in [0.15, 0.2) is 144 Å². The lowest BCUT2D eigenvalue weighted by Gasteiger charge is -2.44. The van der Waals surface area contributed by atoms with Crippen molar-refractivity contribution in [1.82, 2.24) is 0 Å². The van der Waals surface area contributed by atoms with Crippen LogP contribution >= 0.6 is 14.3 Å². The molecule has 2 atom stereocenters. The fraction of sp³-hybridized carbons (Fsp3) is 0.143. The zero-order valence-electron chi connectivity index (χ0n) is 22.3. The van der Waals surface area contributed by atoms with Crippen LogP contribution in [-0.2, 0) is 13.9 Å². The lowest BCUT2D eigenvalue weighted by molar-refractivity contribution is 0.0445. The van der Waals surface area contributed by atoms with Gasteiger partial charge in [-0.2, -0.15) is 0 Å². The van der Waals surface area contributed by atoms with Crippen LogP contribution in [0.4, 0.5) is 0 Å². The lowest BCUT2D eigenvalue weighted by atomic mass is 9.73. The molecule has 3 aliphatic carbocycles. The molecule has 4 aromatic rings. The van der Waals surface area contributed by atoms with Crippen molar-refractivity contribution in [1.29, 1.82) is 0 Å². The number of hydrogen-bond donors (Lipinski definition) is 0. The van der Waals surface area contributed by atoms with Crippen molar-refractivity contribution < 1.29 is 13.9 Å². The van der Waals surface area contributed by atoms with Crippen molar-refractivity contribution in [3.8, 4) is 11.6 Å². The summed E-state index contributed by atoms with van der Waals surface area (Å²) < 4.78 is 36.6. The number of benzene rings is 4. The van der Waals surface area contributed by atoms with Gasteiger partial charge in [0.1, 0.15) is 5.60 Å². The van der Waals surface area contributed by atoms with Gasteiger partial charge >= 0.3 is 0 Å². The van der Waals surface area contributed by atoms with Crippen LogP contribution in [0.2, 0.25) is 0 Å². The monoisotopic (exact) mass is 560 g/mol. The Morgan fingerprint density at radius 2 is 1.15 bits per heavy atom. The number of ether oxygens (including phenoxy) is 1. The maximum absolute atomic E-state index is 15.6. The Bertz CT molecular complexity index is 1650. The summed E-state index contributed by atoms with van der Waals surface area (Å²) in [7, 11) is -4.98. The van der Waals surface area contributed by atoms with E-state index < -0.39 is 19.9 Å². The fourth-order valence-electron chi connectivity index (χ4n) is 5.88. The molecular formula is C35H30O3P2. The third kappa shape index (κ3) is 4.38. The smallest absolute Gasteiger partial charge is 0.211 e. The van der Waals surface area contributed by atoms with E-state index in [1.165, 1.54) is 0 Å². The van der Waals surface area contributed by atoms with E-state index in [9.17, 15) is 4.57 Å². The van der Waals surface area contributed by atoms with Crippen LogP contribution in [0.5, 0.6) is 0 Å². The van der Waals surface area contributed by atoms with Crippen molar-refractivity contribution in [2.24, 2.45) is 5.92 Å². The Hall–Kier alpha value is -3.66. The van der Waals surface area contributed by atoms with Crippen molar-refractivity contribution in [2.45, 2.75) is 18.4 Å². The number of rotatable bonds is 6. The molecule has 2 bridgehead atoms. The SMILES string of the molecule is COC12C=CC(CC1)C(P(=O)(c1ccccc1)c1ccccc1)=C2C#CP(=O)(c1ccccc1)c1ccccc1. The van der Waals surface area contributed by atoms with E-state index in [1.54, 1.807) is 7.11 Å². The van der Waals surface area contributed by atoms with Gasteiger partial charge in [-0.15, -0.1) is 0 Å². The standard InChI is InChI=1S/C35H30O3P2/c1-38-35-25-22-28(23-26-35)34(40(37,31-18-10-4-11-19-31)32-20-12-5-13-21-32)33(35)24-27-39(36,29-14-6-2-7-15-29)30-16-8-3-9-17-30/h2-22,25,28H,23,26H2,1H3. The van der Waals surface area contributed by atoms with Gasteiger partial charge in [-0.25, -0.2) is 0 Å². The summed E-state index contributed by atoms with van der Waals surface area (Å²) >= 11 is 0. The van der Waals surface area contributed by atoms with E-state index in [0.29, 0.717) is 16.2 Å². The van der Waals surface area contributed by atoms with Gasteiger partial charge in [-0.3, -0.25) is 4.57 Å². The largest absolute Gasteiger partial charge is 0.369 e. The Balaban J connectivity index is 1.66. The van der Waals surface area contributed by atoms with Gasteiger partial charge in [0.25, 0.3) is 0 Å². The van der Waals surface area contributed by atoms with E-state index in [4.69, 9.17) is 4.74 Å². The highest BCUT2D eigenvalue weighted by Crippen LogP contribution is 2.63. The Morgan fingerprint density at radius 3 is 1.55 bits per heavy atom. The molecule has 40 heavy (non-hydrogen) atoms. The number of hydrogen-bond acceptors (Lipinski definition) is 3. The second-order valence-corrected chi connectivity index (χ2v) is 15.4. The maximum atomic E-state index is 15.6. The summed E-state index contributed by atoms with van der Waals surface area (Å²) in [5, 5.41) is 3.66. The molecule has 3 nitrogen and oxygen atoms in total.